The van der Waals surface area contributed by atoms with E-state index in [4.69, 9.17) is 0 Å². The lowest BCUT2D eigenvalue weighted by atomic mass is 10.0. The third-order valence-electron chi connectivity index (χ3n) is 2.31. The zero-order valence-corrected chi connectivity index (χ0v) is 12.4. The van der Waals surface area contributed by atoms with E-state index in [-0.39, 0.29) is 0 Å². The Balaban J connectivity index is 3.11. The summed E-state index contributed by atoms with van der Waals surface area (Å²) >= 11 is 3.21. The molecule has 0 spiro atoms. The SMILES string of the molecule is CC(C)(CCBr)NS(=O)(=O)c1cc(F)ccc1F. The first-order valence-electron chi connectivity index (χ1n) is 5.23. The highest BCUT2D eigenvalue weighted by molar-refractivity contribution is 9.09. The van der Waals surface area contributed by atoms with Gasteiger partial charge in [0.15, 0.2) is 0 Å². The molecule has 0 aliphatic rings. The quantitative estimate of drug-likeness (QED) is 0.837. The Labute approximate surface area is 114 Å². The summed E-state index contributed by atoms with van der Waals surface area (Å²) in [6.45, 7) is 3.34. The zero-order chi connectivity index (χ0) is 14.0. The Morgan fingerprint density at radius 1 is 1.33 bits per heavy atom. The van der Waals surface area contributed by atoms with Gasteiger partial charge in [0.2, 0.25) is 10.0 Å². The van der Waals surface area contributed by atoms with Crippen molar-refractivity contribution in [2.45, 2.75) is 30.7 Å². The highest BCUT2D eigenvalue weighted by Gasteiger charge is 2.28. The molecule has 0 amide bonds. The summed E-state index contributed by atoms with van der Waals surface area (Å²) in [5.74, 6) is -1.77. The zero-order valence-electron chi connectivity index (χ0n) is 10.0. The van der Waals surface area contributed by atoms with E-state index < -0.39 is 32.1 Å². The van der Waals surface area contributed by atoms with Gasteiger partial charge in [-0.05, 0) is 38.5 Å². The Morgan fingerprint density at radius 3 is 2.50 bits per heavy atom. The van der Waals surface area contributed by atoms with Gasteiger partial charge in [0, 0.05) is 10.9 Å². The first kappa shape index (κ1) is 15.5. The van der Waals surface area contributed by atoms with Crippen molar-refractivity contribution in [3.8, 4) is 0 Å². The lowest BCUT2D eigenvalue weighted by Gasteiger charge is -2.25. The topological polar surface area (TPSA) is 46.2 Å². The molecule has 1 N–H and O–H groups in total. The Kier molecular flexibility index (Phi) is 4.85. The number of alkyl halides is 1. The van der Waals surface area contributed by atoms with Crippen molar-refractivity contribution in [2.24, 2.45) is 0 Å². The van der Waals surface area contributed by atoms with Crippen LogP contribution in [0.25, 0.3) is 0 Å². The maximum absolute atomic E-state index is 13.4. The molecule has 0 saturated heterocycles. The molecule has 0 aliphatic carbocycles. The first-order valence-corrected chi connectivity index (χ1v) is 7.83. The molecule has 0 atom stereocenters. The van der Waals surface area contributed by atoms with Crippen LogP contribution in [0.5, 0.6) is 0 Å². The predicted octanol–water partition coefficient (Wildman–Crippen LogP) is 2.81. The minimum Gasteiger partial charge on any atom is -0.207 e. The second-order valence-corrected chi connectivity index (χ2v) is 6.95. The normalized spacial score (nSPS) is 12.7. The Bertz CT molecular complexity index is 532. The number of rotatable bonds is 5. The van der Waals surface area contributed by atoms with E-state index in [9.17, 15) is 17.2 Å². The van der Waals surface area contributed by atoms with Gasteiger partial charge in [0.05, 0.1) is 0 Å². The van der Waals surface area contributed by atoms with Gasteiger partial charge in [-0.25, -0.2) is 21.9 Å². The predicted molar refractivity (Wildman–Crippen MR) is 69.2 cm³/mol. The molecule has 18 heavy (non-hydrogen) atoms. The van der Waals surface area contributed by atoms with Crippen molar-refractivity contribution in [2.75, 3.05) is 5.33 Å². The lowest BCUT2D eigenvalue weighted by Crippen LogP contribution is -2.43. The minimum atomic E-state index is -4.08. The highest BCUT2D eigenvalue weighted by Crippen LogP contribution is 2.19. The smallest absolute Gasteiger partial charge is 0.207 e. The fourth-order valence-corrected chi connectivity index (χ4v) is 3.91. The molecular weight excluding hydrogens is 328 g/mol. The third kappa shape index (κ3) is 4.00. The van der Waals surface area contributed by atoms with Crippen LogP contribution in [0.15, 0.2) is 23.1 Å². The van der Waals surface area contributed by atoms with Crippen molar-refractivity contribution < 1.29 is 17.2 Å². The lowest BCUT2D eigenvalue weighted by molar-refractivity contribution is 0.440. The van der Waals surface area contributed by atoms with Gasteiger partial charge in [-0.3, -0.25) is 0 Å². The molecule has 3 nitrogen and oxygen atoms in total. The molecule has 1 aromatic carbocycles. The van der Waals surface area contributed by atoms with E-state index in [1.807, 2.05) is 0 Å². The van der Waals surface area contributed by atoms with Gasteiger partial charge >= 0.3 is 0 Å². The molecule has 1 rings (SSSR count). The molecular formula is C11H14BrF2NO2S. The van der Waals surface area contributed by atoms with Crippen LogP contribution >= 0.6 is 15.9 Å². The fourth-order valence-electron chi connectivity index (χ4n) is 1.39. The molecule has 0 radical (unpaired) electrons. The Hall–Kier alpha value is -0.530. The van der Waals surface area contributed by atoms with Crippen LogP contribution in [0.1, 0.15) is 20.3 Å². The van der Waals surface area contributed by atoms with Crippen molar-refractivity contribution in [1.29, 1.82) is 0 Å². The van der Waals surface area contributed by atoms with Gasteiger partial charge in [-0.1, -0.05) is 15.9 Å². The molecule has 7 heteroatoms. The van der Waals surface area contributed by atoms with Crippen LogP contribution in [-0.4, -0.2) is 19.3 Å². The molecule has 1 aromatic rings. The van der Waals surface area contributed by atoms with E-state index in [1.54, 1.807) is 13.8 Å². The van der Waals surface area contributed by atoms with Crippen LogP contribution in [0.4, 0.5) is 8.78 Å². The van der Waals surface area contributed by atoms with Gasteiger partial charge in [-0.15, -0.1) is 0 Å². The monoisotopic (exact) mass is 341 g/mol. The van der Waals surface area contributed by atoms with Crippen LogP contribution in [0.3, 0.4) is 0 Å². The molecule has 0 unspecified atom stereocenters. The van der Waals surface area contributed by atoms with Crippen LogP contribution in [0.2, 0.25) is 0 Å². The second kappa shape index (κ2) is 5.63. The average molecular weight is 342 g/mol. The van der Waals surface area contributed by atoms with Crippen LogP contribution in [0, 0.1) is 11.6 Å². The summed E-state index contributed by atoms with van der Waals surface area (Å²) in [4.78, 5) is -0.676. The van der Waals surface area contributed by atoms with Crippen molar-refractivity contribution in [3.63, 3.8) is 0 Å². The summed E-state index contributed by atoms with van der Waals surface area (Å²) in [5.41, 5.74) is -0.749. The number of hydrogen-bond donors (Lipinski definition) is 1. The second-order valence-electron chi connectivity index (χ2n) is 4.50. The van der Waals surface area contributed by atoms with Gasteiger partial charge in [-0.2, -0.15) is 0 Å². The number of benzene rings is 1. The Morgan fingerprint density at radius 2 is 1.94 bits per heavy atom. The average Bonchev–Trinajstić information content (AvgIpc) is 2.19. The number of sulfonamides is 1. The fraction of sp³-hybridized carbons (Fsp3) is 0.455. The number of hydrogen-bond acceptors (Lipinski definition) is 2. The molecule has 0 fully saturated rings. The molecule has 0 heterocycles. The molecule has 0 aliphatic heterocycles. The molecule has 102 valence electrons. The molecule has 0 aromatic heterocycles. The van der Waals surface area contributed by atoms with Gasteiger partial charge in [0.1, 0.15) is 16.5 Å². The molecule has 0 bridgehead atoms. The highest BCUT2D eigenvalue weighted by atomic mass is 79.9. The molecule has 0 saturated carbocycles. The van der Waals surface area contributed by atoms with Crippen LogP contribution < -0.4 is 4.72 Å². The van der Waals surface area contributed by atoms with E-state index >= 15 is 0 Å². The summed E-state index contributed by atoms with van der Waals surface area (Å²) in [6.07, 6.45) is 0.517. The first-order chi connectivity index (χ1) is 8.18. The van der Waals surface area contributed by atoms with E-state index in [2.05, 4.69) is 20.7 Å². The number of halogens is 3. The number of nitrogens with one attached hydrogen (secondary N) is 1. The maximum atomic E-state index is 13.4. The van der Waals surface area contributed by atoms with Crippen molar-refractivity contribution in [1.82, 2.24) is 4.72 Å². The summed E-state index contributed by atoms with van der Waals surface area (Å²) in [7, 11) is -4.08. The largest absolute Gasteiger partial charge is 0.244 e. The van der Waals surface area contributed by atoms with Gasteiger partial charge in [0.25, 0.3) is 0 Å². The van der Waals surface area contributed by atoms with E-state index in [0.717, 1.165) is 12.1 Å². The van der Waals surface area contributed by atoms with Crippen LogP contribution in [-0.2, 0) is 10.0 Å². The third-order valence-corrected chi connectivity index (χ3v) is 4.42. The summed E-state index contributed by atoms with van der Waals surface area (Å²) in [6, 6.07) is 2.33. The maximum Gasteiger partial charge on any atom is 0.244 e. The summed E-state index contributed by atoms with van der Waals surface area (Å²) in [5, 5.41) is 0.591. The minimum absolute atomic E-state index is 0.517. The summed E-state index contributed by atoms with van der Waals surface area (Å²) < 4.78 is 52.7. The van der Waals surface area contributed by atoms with Gasteiger partial charge < -0.3 is 0 Å². The standard InChI is InChI=1S/C11H14BrF2NO2S/c1-11(2,5-6-12)15-18(16,17)10-7-8(13)3-4-9(10)14/h3-4,7,15H,5-6H2,1-2H3. The van der Waals surface area contributed by atoms with Crippen molar-refractivity contribution >= 4 is 26.0 Å². The van der Waals surface area contributed by atoms with E-state index in [0.29, 0.717) is 17.8 Å². The van der Waals surface area contributed by atoms with Crippen molar-refractivity contribution in [3.05, 3.63) is 29.8 Å². The van der Waals surface area contributed by atoms with E-state index in [1.165, 1.54) is 0 Å².